The molecule has 0 atom stereocenters. The van der Waals surface area contributed by atoms with E-state index in [0.29, 0.717) is 17.7 Å². The summed E-state index contributed by atoms with van der Waals surface area (Å²) in [4.78, 5) is 3.63. The normalized spacial score (nSPS) is 9.18. The highest BCUT2D eigenvalue weighted by atomic mass is 19.1. The number of halogens is 1. The molecule has 1 aromatic rings. The number of rotatable bonds is 1. The van der Waals surface area contributed by atoms with Crippen molar-refractivity contribution in [3.63, 3.8) is 0 Å². The van der Waals surface area contributed by atoms with Crippen LogP contribution in [-0.4, -0.2) is 4.98 Å². The van der Waals surface area contributed by atoms with Gasteiger partial charge >= 0.3 is 0 Å². The Morgan fingerprint density at radius 2 is 2.45 bits per heavy atom. The van der Waals surface area contributed by atoms with Crippen LogP contribution in [-0.2, 0) is 6.42 Å². The monoisotopic (exact) mass is 150 g/mol. The molecule has 0 fully saturated rings. The van der Waals surface area contributed by atoms with Gasteiger partial charge in [0.1, 0.15) is 17.6 Å². The average Bonchev–Trinajstić information content (AvgIpc) is 2.04. The largest absolute Gasteiger partial charge is 0.242 e. The highest BCUT2D eigenvalue weighted by Crippen LogP contribution is 2.06. The van der Waals surface area contributed by atoms with Crippen molar-refractivity contribution in [3.8, 4) is 6.07 Å². The first-order valence-corrected chi connectivity index (χ1v) is 3.32. The zero-order valence-corrected chi connectivity index (χ0v) is 6.13. The average molecular weight is 150 g/mol. The molecule has 0 aliphatic heterocycles. The molecule has 0 saturated heterocycles. The van der Waals surface area contributed by atoms with E-state index >= 15 is 0 Å². The van der Waals surface area contributed by atoms with Gasteiger partial charge < -0.3 is 0 Å². The van der Waals surface area contributed by atoms with Crippen LogP contribution in [0.5, 0.6) is 0 Å². The SMILES string of the molecule is CCc1cc(F)cnc1C#N. The van der Waals surface area contributed by atoms with Crippen molar-refractivity contribution < 1.29 is 4.39 Å². The molecule has 0 N–H and O–H groups in total. The molecule has 0 aliphatic rings. The lowest BCUT2D eigenvalue weighted by Crippen LogP contribution is -1.92. The third-order valence-corrected chi connectivity index (χ3v) is 1.42. The van der Waals surface area contributed by atoms with Crippen LogP contribution in [0.1, 0.15) is 18.2 Å². The first kappa shape index (κ1) is 7.67. The van der Waals surface area contributed by atoms with Gasteiger partial charge in [-0.1, -0.05) is 6.92 Å². The summed E-state index contributed by atoms with van der Waals surface area (Å²) in [7, 11) is 0. The molecule has 0 aromatic carbocycles. The van der Waals surface area contributed by atoms with Crippen LogP contribution in [0.15, 0.2) is 12.3 Å². The molecule has 56 valence electrons. The highest BCUT2D eigenvalue weighted by molar-refractivity contribution is 5.30. The number of hydrogen-bond acceptors (Lipinski definition) is 2. The fraction of sp³-hybridized carbons (Fsp3) is 0.250. The fourth-order valence-corrected chi connectivity index (χ4v) is 0.851. The Bertz CT molecular complexity index is 301. The second-order valence-electron chi connectivity index (χ2n) is 2.13. The van der Waals surface area contributed by atoms with E-state index in [0.717, 1.165) is 6.20 Å². The summed E-state index contributed by atoms with van der Waals surface area (Å²) in [6.07, 6.45) is 1.69. The summed E-state index contributed by atoms with van der Waals surface area (Å²) in [6.45, 7) is 1.86. The molecule has 0 unspecified atom stereocenters. The van der Waals surface area contributed by atoms with Gasteiger partial charge in [0.25, 0.3) is 0 Å². The van der Waals surface area contributed by atoms with Crippen molar-refractivity contribution >= 4 is 0 Å². The van der Waals surface area contributed by atoms with E-state index in [1.54, 1.807) is 0 Å². The topological polar surface area (TPSA) is 36.7 Å². The number of nitriles is 1. The minimum Gasteiger partial charge on any atom is -0.242 e. The molecule has 1 heterocycles. The minimum atomic E-state index is -0.388. The summed E-state index contributed by atoms with van der Waals surface area (Å²) < 4.78 is 12.5. The lowest BCUT2D eigenvalue weighted by Gasteiger charge is -1.97. The van der Waals surface area contributed by atoms with Crippen molar-refractivity contribution in [2.45, 2.75) is 13.3 Å². The van der Waals surface area contributed by atoms with Crippen LogP contribution in [0.4, 0.5) is 4.39 Å². The summed E-state index contributed by atoms with van der Waals surface area (Å²) in [6, 6.07) is 3.23. The maximum atomic E-state index is 12.5. The maximum absolute atomic E-state index is 12.5. The first-order valence-electron chi connectivity index (χ1n) is 3.32. The van der Waals surface area contributed by atoms with Crippen molar-refractivity contribution in [1.82, 2.24) is 4.98 Å². The Morgan fingerprint density at radius 3 is 3.00 bits per heavy atom. The lowest BCUT2D eigenvalue weighted by atomic mass is 10.1. The van der Waals surface area contributed by atoms with E-state index in [4.69, 9.17) is 5.26 Å². The minimum absolute atomic E-state index is 0.314. The van der Waals surface area contributed by atoms with Gasteiger partial charge in [0.05, 0.1) is 6.20 Å². The smallest absolute Gasteiger partial charge is 0.143 e. The van der Waals surface area contributed by atoms with Crippen LogP contribution >= 0.6 is 0 Å². The van der Waals surface area contributed by atoms with Crippen LogP contribution in [0.3, 0.4) is 0 Å². The summed E-state index contributed by atoms with van der Waals surface area (Å²) in [5, 5.41) is 8.51. The van der Waals surface area contributed by atoms with Crippen molar-refractivity contribution in [1.29, 1.82) is 5.26 Å². The van der Waals surface area contributed by atoms with E-state index in [1.807, 2.05) is 13.0 Å². The predicted molar refractivity (Wildman–Crippen MR) is 38.3 cm³/mol. The molecule has 0 saturated carbocycles. The van der Waals surface area contributed by atoms with Gasteiger partial charge in [0, 0.05) is 0 Å². The molecule has 0 spiro atoms. The first-order chi connectivity index (χ1) is 5.27. The molecular formula is C8H7FN2. The summed E-state index contributed by atoms with van der Waals surface area (Å²) in [5.74, 6) is -0.388. The Morgan fingerprint density at radius 1 is 1.73 bits per heavy atom. The highest BCUT2D eigenvalue weighted by Gasteiger charge is 2.01. The van der Waals surface area contributed by atoms with Gasteiger partial charge in [-0.3, -0.25) is 0 Å². The van der Waals surface area contributed by atoms with Crippen molar-refractivity contribution in [2.24, 2.45) is 0 Å². The van der Waals surface area contributed by atoms with Crippen molar-refractivity contribution in [3.05, 3.63) is 29.3 Å². The summed E-state index contributed by atoms with van der Waals surface area (Å²) >= 11 is 0. The van der Waals surface area contributed by atoms with E-state index in [2.05, 4.69) is 4.98 Å². The second-order valence-corrected chi connectivity index (χ2v) is 2.13. The van der Waals surface area contributed by atoms with Crippen molar-refractivity contribution in [2.75, 3.05) is 0 Å². The van der Waals surface area contributed by atoms with Gasteiger partial charge in [-0.05, 0) is 18.1 Å². The molecule has 0 radical (unpaired) electrons. The Hall–Kier alpha value is -1.43. The van der Waals surface area contributed by atoms with Crippen LogP contribution in [0.2, 0.25) is 0 Å². The molecular weight excluding hydrogens is 143 g/mol. The number of hydrogen-bond donors (Lipinski definition) is 0. The quantitative estimate of drug-likeness (QED) is 0.610. The summed E-state index contributed by atoms with van der Waals surface area (Å²) in [5.41, 5.74) is 0.974. The molecule has 0 amide bonds. The second kappa shape index (κ2) is 3.11. The number of nitrogens with zero attached hydrogens (tertiary/aromatic N) is 2. The van der Waals surface area contributed by atoms with Gasteiger partial charge in [0.2, 0.25) is 0 Å². The van der Waals surface area contributed by atoms with E-state index < -0.39 is 0 Å². The number of pyridine rings is 1. The van der Waals surface area contributed by atoms with Gasteiger partial charge in [-0.15, -0.1) is 0 Å². The van der Waals surface area contributed by atoms with Gasteiger partial charge in [-0.25, -0.2) is 9.37 Å². The number of aromatic nitrogens is 1. The van der Waals surface area contributed by atoms with E-state index in [1.165, 1.54) is 6.07 Å². The zero-order valence-electron chi connectivity index (χ0n) is 6.13. The Labute approximate surface area is 64.3 Å². The third kappa shape index (κ3) is 1.53. The van der Waals surface area contributed by atoms with Crippen LogP contribution in [0, 0.1) is 17.1 Å². The molecule has 1 rings (SSSR count). The predicted octanol–water partition coefficient (Wildman–Crippen LogP) is 1.65. The van der Waals surface area contributed by atoms with Gasteiger partial charge in [0.15, 0.2) is 0 Å². The molecule has 11 heavy (non-hydrogen) atoms. The van der Waals surface area contributed by atoms with E-state index in [9.17, 15) is 4.39 Å². The lowest BCUT2D eigenvalue weighted by molar-refractivity contribution is 0.618. The van der Waals surface area contributed by atoms with Crippen LogP contribution in [0.25, 0.3) is 0 Å². The van der Waals surface area contributed by atoms with Gasteiger partial charge in [-0.2, -0.15) is 5.26 Å². The Balaban J connectivity index is 3.19. The van der Waals surface area contributed by atoms with Crippen LogP contribution < -0.4 is 0 Å². The zero-order chi connectivity index (χ0) is 8.27. The third-order valence-electron chi connectivity index (χ3n) is 1.42. The molecule has 0 aliphatic carbocycles. The fourth-order valence-electron chi connectivity index (χ4n) is 0.851. The molecule has 3 heteroatoms. The maximum Gasteiger partial charge on any atom is 0.143 e. The molecule has 1 aromatic heterocycles. The standard InChI is InChI=1S/C8H7FN2/c1-2-6-3-7(9)5-11-8(6)4-10/h3,5H,2H2,1H3. The molecule has 2 nitrogen and oxygen atoms in total. The Kier molecular flexibility index (Phi) is 2.17. The number of aryl methyl sites for hydroxylation is 1. The van der Waals surface area contributed by atoms with E-state index in [-0.39, 0.29) is 5.82 Å². The molecule has 0 bridgehead atoms.